The summed E-state index contributed by atoms with van der Waals surface area (Å²) in [6.45, 7) is 4.00. The van der Waals surface area contributed by atoms with Crippen LogP contribution in [0.25, 0.3) is 110 Å². The molecule has 0 saturated carbocycles. The topological polar surface area (TPSA) is 0 Å². The van der Waals surface area contributed by atoms with E-state index in [9.17, 15) is 0 Å². The summed E-state index contributed by atoms with van der Waals surface area (Å²) in [4.78, 5) is 0. The molecular formula is C66H46. The first-order valence-corrected chi connectivity index (χ1v) is 23.9. The van der Waals surface area contributed by atoms with Crippen LogP contribution >= 0.6 is 0 Å². The fraction of sp³-hybridized carbons (Fsp3) is 0.0909. The van der Waals surface area contributed by atoms with Crippen molar-refractivity contribution < 1.29 is 0 Å². The normalized spacial score (nSPS) is 18.6. The van der Waals surface area contributed by atoms with Gasteiger partial charge in [0.2, 0.25) is 0 Å². The van der Waals surface area contributed by atoms with Crippen LogP contribution in [0.1, 0.15) is 47.9 Å². The predicted molar refractivity (Wildman–Crippen MR) is 280 cm³/mol. The highest BCUT2D eigenvalue weighted by molar-refractivity contribution is 6.29. The lowest BCUT2D eigenvalue weighted by Crippen LogP contribution is -2.32. The molecule has 0 amide bonds. The van der Waals surface area contributed by atoms with Gasteiger partial charge in [-0.1, -0.05) is 232 Å². The summed E-state index contributed by atoms with van der Waals surface area (Å²) in [6, 6.07) is 72.9. The Bertz CT molecular complexity index is 3660. The highest BCUT2D eigenvalue weighted by Crippen LogP contribution is 2.68. The molecule has 0 bridgehead atoms. The van der Waals surface area contributed by atoms with E-state index in [2.05, 4.69) is 218 Å². The maximum atomic E-state index is 2.63. The average molecular weight is 839 g/mol. The van der Waals surface area contributed by atoms with Crippen LogP contribution < -0.4 is 0 Å². The smallest absolute Gasteiger partial charge is 0.0106 e. The van der Waals surface area contributed by atoms with Crippen molar-refractivity contribution >= 4 is 43.5 Å². The number of benzene rings is 10. The third kappa shape index (κ3) is 4.94. The Kier molecular flexibility index (Phi) is 8.17. The molecule has 310 valence electrons. The second kappa shape index (κ2) is 14.4. The molecule has 0 aromatic heterocycles. The van der Waals surface area contributed by atoms with Crippen LogP contribution in [0.4, 0.5) is 0 Å². The molecule has 0 heterocycles. The van der Waals surface area contributed by atoms with Gasteiger partial charge in [-0.05, 0) is 132 Å². The minimum absolute atomic E-state index is 0.262. The molecule has 0 radical (unpaired) electrons. The molecule has 4 unspecified atom stereocenters. The van der Waals surface area contributed by atoms with Gasteiger partial charge >= 0.3 is 0 Å². The Balaban J connectivity index is 0.00000205. The van der Waals surface area contributed by atoms with Crippen molar-refractivity contribution in [2.24, 2.45) is 11.8 Å². The van der Waals surface area contributed by atoms with E-state index in [1.54, 1.807) is 0 Å². The first kappa shape index (κ1) is 37.6. The third-order valence-corrected chi connectivity index (χ3v) is 15.6. The number of hydrogen-bond donors (Lipinski definition) is 0. The first-order chi connectivity index (χ1) is 32.8. The maximum absolute atomic E-state index is 2.63. The molecule has 0 saturated heterocycles. The largest absolute Gasteiger partial charge is 0.0797 e. The molecule has 4 atom stereocenters. The van der Waals surface area contributed by atoms with E-state index in [1.807, 2.05) is 13.8 Å². The Morgan fingerprint density at radius 3 is 1.18 bits per heavy atom. The summed E-state index contributed by atoms with van der Waals surface area (Å²) in [6.07, 6.45) is 10.3. The number of rotatable bonds is 4. The molecule has 0 spiro atoms. The van der Waals surface area contributed by atoms with Crippen LogP contribution in [0.5, 0.6) is 0 Å². The van der Waals surface area contributed by atoms with Gasteiger partial charge in [0.15, 0.2) is 0 Å². The van der Waals surface area contributed by atoms with Crippen molar-refractivity contribution in [3.63, 3.8) is 0 Å². The van der Waals surface area contributed by atoms with Gasteiger partial charge in [0.1, 0.15) is 0 Å². The predicted octanol–water partition coefficient (Wildman–Crippen LogP) is 18.0. The summed E-state index contributed by atoms with van der Waals surface area (Å²) < 4.78 is 0. The zero-order valence-electron chi connectivity index (χ0n) is 37.1. The molecule has 0 nitrogen and oxygen atoms in total. The van der Waals surface area contributed by atoms with Gasteiger partial charge in [-0.3, -0.25) is 0 Å². The summed E-state index contributed by atoms with van der Waals surface area (Å²) in [5.74, 6) is 1.19. The Hall–Kier alpha value is -7.80. The van der Waals surface area contributed by atoms with Crippen molar-refractivity contribution in [1.82, 2.24) is 0 Å². The van der Waals surface area contributed by atoms with E-state index in [0.29, 0.717) is 11.8 Å². The summed E-state index contributed by atoms with van der Waals surface area (Å²) in [7, 11) is 0. The molecule has 15 rings (SSSR count). The Labute approximate surface area is 386 Å². The van der Waals surface area contributed by atoms with E-state index < -0.39 is 0 Å². The van der Waals surface area contributed by atoms with Gasteiger partial charge < -0.3 is 0 Å². The van der Waals surface area contributed by atoms with Crippen LogP contribution in [-0.2, 0) is 0 Å². The van der Waals surface area contributed by atoms with Gasteiger partial charge in [-0.15, -0.1) is 0 Å². The third-order valence-electron chi connectivity index (χ3n) is 15.6. The maximum Gasteiger partial charge on any atom is 0.0106 e. The molecule has 10 aromatic carbocycles. The van der Waals surface area contributed by atoms with E-state index in [0.717, 1.165) is 0 Å². The first-order valence-electron chi connectivity index (χ1n) is 23.9. The van der Waals surface area contributed by atoms with Crippen LogP contribution in [0.15, 0.2) is 218 Å². The number of hydrogen-bond acceptors (Lipinski definition) is 0. The lowest BCUT2D eigenvalue weighted by Gasteiger charge is -2.44. The molecule has 5 aliphatic carbocycles. The molecule has 0 fully saturated rings. The van der Waals surface area contributed by atoms with Gasteiger partial charge in [0.05, 0.1) is 0 Å². The van der Waals surface area contributed by atoms with Gasteiger partial charge in [0.25, 0.3) is 0 Å². The average Bonchev–Trinajstić information content (AvgIpc) is 3.91. The molecule has 10 aromatic rings. The summed E-state index contributed by atoms with van der Waals surface area (Å²) >= 11 is 0. The quantitative estimate of drug-likeness (QED) is 0.155. The fourth-order valence-corrected chi connectivity index (χ4v) is 13.3. The fourth-order valence-electron chi connectivity index (χ4n) is 13.3. The van der Waals surface area contributed by atoms with Gasteiger partial charge in [-0.2, -0.15) is 0 Å². The lowest BCUT2D eigenvalue weighted by atomic mass is 9.58. The minimum atomic E-state index is 0.262. The Morgan fingerprint density at radius 2 is 0.667 bits per heavy atom. The van der Waals surface area contributed by atoms with Crippen molar-refractivity contribution in [3.8, 4) is 66.8 Å². The van der Waals surface area contributed by atoms with Crippen molar-refractivity contribution in [2.75, 3.05) is 0 Å². The van der Waals surface area contributed by atoms with E-state index in [4.69, 9.17) is 0 Å². The van der Waals surface area contributed by atoms with E-state index in [1.165, 1.54) is 132 Å². The van der Waals surface area contributed by atoms with Crippen molar-refractivity contribution in [1.29, 1.82) is 0 Å². The second-order valence-corrected chi connectivity index (χ2v) is 18.4. The van der Waals surface area contributed by atoms with Crippen LogP contribution in [0, 0.1) is 11.8 Å². The van der Waals surface area contributed by atoms with Crippen LogP contribution in [0.3, 0.4) is 0 Å². The van der Waals surface area contributed by atoms with Crippen LogP contribution in [-0.4, -0.2) is 0 Å². The second-order valence-electron chi connectivity index (χ2n) is 18.4. The molecule has 66 heavy (non-hydrogen) atoms. The van der Waals surface area contributed by atoms with Crippen molar-refractivity contribution in [2.45, 2.75) is 25.7 Å². The highest BCUT2D eigenvalue weighted by atomic mass is 14.5. The SMILES string of the molecule is C1=CC2c3ccc4c5c(ccc(c35)C3=CC=C5c6c(c(-c7ccccc7)c7ccccc7c6-c6ccccc6)C1C5C32)-c1c-4c(-c2ccccc2)c2ccccc2c1-c1ccccc1.CC. The number of fused-ring (bicyclic) bond motifs is 10. The van der Waals surface area contributed by atoms with E-state index >= 15 is 0 Å². The van der Waals surface area contributed by atoms with E-state index in [-0.39, 0.29) is 11.8 Å². The minimum Gasteiger partial charge on any atom is -0.0797 e. The van der Waals surface area contributed by atoms with Gasteiger partial charge in [-0.25, -0.2) is 0 Å². The molecule has 0 N–H and O–H groups in total. The molecular weight excluding hydrogens is 793 g/mol. The molecule has 5 aliphatic rings. The number of allylic oxidation sites excluding steroid dienone is 6. The highest BCUT2D eigenvalue weighted by Gasteiger charge is 2.52. The monoisotopic (exact) mass is 838 g/mol. The summed E-state index contributed by atoms with van der Waals surface area (Å²) in [5, 5.41) is 8.13. The van der Waals surface area contributed by atoms with Crippen molar-refractivity contribution in [3.05, 3.63) is 241 Å². The lowest BCUT2D eigenvalue weighted by molar-refractivity contribution is 0.416. The summed E-state index contributed by atoms with van der Waals surface area (Å²) in [5.41, 5.74) is 24.8. The van der Waals surface area contributed by atoms with Gasteiger partial charge in [0, 0.05) is 23.7 Å². The molecule has 0 aliphatic heterocycles. The molecule has 0 heteroatoms. The van der Waals surface area contributed by atoms with Crippen LogP contribution in [0.2, 0.25) is 0 Å². The Morgan fingerprint density at radius 1 is 0.288 bits per heavy atom. The zero-order chi connectivity index (χ0) is 43.6. The standard InChI is InChI=1S/C64H40.C2H6/c1-5-17-37(18-6-1)53-41-25-13-14-26-42(41)54(38-19-7-2-8-20-38)62-50-34-30-46-48-32-36-52-60-51(35-31-47(58(48)60)45-29-33-49(61(53)62)59(50)57(45)46)63-55(39-21-9-3-10-22-39)43-27-15-16-28-44(43)56(64(52)63)40-23-11-4-12-24-40;1-2/h1-36,45,49,57,59H;1-2H3. The zero-order valence-corrected chi connectivity index (χ0v) is 37.1.